The first-order valence-electron chi connectivity index (χ1n) is 8.30. The topological polar surface area (TPSA) is 111 Å². The highest BCUT2D eigenvalue weighted by Gasteiger charge is 2.20. The lowest BCUT2D eigenvalue weighted by atomic mass is 10.0. The van der Waals surface area contributed by atoms with Crippen LogP contribution >= 0.6 is 0 Å². The SMILES string of the molecule is Cc1[nH]c(Cc2nccnc2-c2c[nH][nH]c2=O)c(C)c1C(=O)CN(C)C. The number of H-pyrrole nitrogens is 3. The molecule has 0 aromatic carbocycles. The van der Waals surface area contributed by atoms with E-state index in [1.807, 2.05) is 32.8 Å². The number of carbonyl (C=O) groups excluding carboxylic acids is 1. The number of aromatic nitrogens is 5. The number of hydrogen-bond acceptors (Lipinski definition) is 5. The van der Waals surface area contributed by atoms with Crippen LogP contribution in [0.3, 0.4) is 0 Å². The Hall–Kier alpha value is -3.00. The summed E-state index contributed by atoms with van der Waals surface area (Å²) in [5.74, 6) is 0.0777. The fourth-order valence-electron chi connectivity index (χ4n) is 3.15. The van der Waals surface area contributed by atoms with Crippen LogP contribution in [0.2, 0.25) is 0 Å². The molecule has 0 atom stereocenters. The van der Waals surface area contributed by atoms with Crippen LogP contribution in [0.4, 0.5) is 0 Å². The zero-order valence-electron chi connectivity index (χ0n) is 15.3. The van der Waals surface area contributed by atoms with Crippen molar-refractivity contribution in [2.24, 2.45) is 0 Å². The number of aryl methyl sites for hydroxylation is 1. The third kappa shape index (κ3) is 3.36. The van der Waals surface area contributed by atoms with Crippen LogP contribution < -0.4 is 5.56 Å². The molecule has 3 heterocycles. The zero-order valence-corrected chi connectivity index (χ0v) is 15.3. The van der Waals surface area contributed by atoms with Gasteiger partial charge >= 0.3 is 0 Å². The van der Waals surface area contributed by atoms with Crippen molar-refractivity contribution in [1.29, 1.82) is 0 Å². The van der Waals surface area contributed by atoms with Crippen molar-refractivity contribution in [1.82, 2.24) is 30.0 Å². The Balaban J connectivity index is 1.98. The lowest BCUT2D eigenvalue weighted by Gasteiger charge is -2.09. The number of nitrogens with zero attached hydrogens (tertiary/aromatic N) is 3. The average Bonchev–Trinajstić information content (AvgIpc) is 3.11. The predicted molar refractivity (Wildman–Crippen MR) is 98.4 cm³/mol. The number of nitrogens with one attached hydrogen (secondary N) is 3. The molecule has 0 amide bonds. The van der Waals surface area contributed by atoms with Gasteiger partial charge in [0.1, 0.15) is 0 Å². The van der Waals surface area contributed by atoms with Gasteiger partial charge < -0.3 is 15.0 Å². The molecule has 3 rings (SSSR count). The molecule has 0 bridgehead atoms. The normalized spacial score (nSPS) is 11.3. The minimum absolute atomic E-state index is 0.0777. The van der Waals surface area contributed by atoms with Gasteiger partial charge in [-0.3, -0.25) is 24.7 Å². The maximum Gasteiger partial charge on any atom is 0.273 e. The van der Waals surface area contributed by atoms with Gasteiger partial charge in [0.05, 0.1) is 23.5 Å². The third-order valence-electron chi connectivity index (χ3n) is 4.30. The van der Waals surface area contributed by atoms with Crippen molar-refractivity contribution >= 4 is 5.78 Å². The Bertz CT molecular complexity index is 995. The van der Waals surface area contributed by atoms with E-state index in [0.29, 0.717) is 29.9 Å². The molecule has 0 spiro atoms. The van der Waals surface area contributed by atoms with E-state index < -0.39 is 0 Å². The lowest BCUT2D eigenvalue weighted by Crippen LogP contribution is -2.22. The second kappa shape index (κ2) is 7.09. The Morgan fingerprint density at radius 1 is 1.19 bits per heavy atom. The van der Waals surface area contributed by atoms with Gasteiger partial charge in [0, 0.05) is 42.0 Å². The molecule has 0 fully saturated rings. The molecule has 0 radical (unpaired) electrons. The molecule has 0 unspecified atom stereocenters. The molecule has 3 N–H and O–H groups in total. The minimum atomic E-state index is -0.243. The monoisotopic (exact) mass is 354 g/mol. The van der Waals surface area contributed by atoms with Crippen LogP contribution in [-0.2, 0) is 6.42 Å². The molecule has 0 aliphatic heterocycles. The van der Waals surface area contributed by atoms with Gasteiger partial charge in [0.15, 0.2) is 5.78 Å². The predicted octanol–water partition coefficient (Wildman–Crippen LogP) is 1.44. The van der Waals surface area contributed by atoms with Crippen molar-refractivity contribution in [3.8, 4) is 11.3 Å². The zero-order chi connectivity index (χ0) is 18.8. The number of carbonyl (C=O) groups is 1. The quantitative estimate of drug-likeness (QED) is 0.580. The van der Waals surface area contributed by atoms with Gasteiger partial charge in [-0.25, -0.2) is 0 Å². The van der Waals surface area contributed by atoms with E-state index in [9.17, 15) is 9.59 Å². The van der Waals surface area contributed by atoms with Crippen LogP contribution in [0, 0.1) is 13.8 Å². The third-order valence-corrected chi connectivity index (χ3v) is 4.30. The first-order chi connectivity index (χ1) is 12.4. The molecular formula is C18H22N6O2. The molecule has 8 nitrogen and oxygen atoms in total. The second-order valence-electron chi connectivity index (χ2n) is 6.57. The molecule has 3 aromatic heterocycles. The van der Waals surface area contributed by atoms with Gasteiger partial charge in [-0.1, -0.05) is 0 Å². The van der Waals surface area contributed by atoms with E-state index in [-0.39, 0.29) is 11.3 Å². The second-order valence-corrected chi connectivity index (χ2v) is 6.57. The van der Waals surface area contributed by atoms with E-state index in [2.05, 4.69) is 25.1 Å². The molecule has 136 valence electrons. The van der Waals surface area contributed by atoms with Crippen molar-refractivity contribution in [3.63, 3.8) is 0 Å². The van der Waals surface area contributed by atoms with Crippen LogP contribution in [0.1, 0.15) is 33.0 Å². The highest BCUT2D eigenvalue weighted by Crippen LogP contribution is 2.24. The fourth-order valence-corrected chi connectivity index (χ4v) is 3.15. The van der Waals surface area contributed by atoms with Crippen molar-refractivity contribution in [2.45, 2.75) is 20.3 Å². The van der Waals surface area contributed by atoms with Gasteiger partial charge in [-0.2, -0.15) is 0 Å². The Morgan fingerprint density at radius 2 is 1.92 bits per heavy atom. The van der Waals surface area contributed by atoms with Gasteiger partial charge in [-0.15, -0.1) is 0 Å². The summed E-state index contributed by atoms with van der Waals surface area (Å²) in [5.41, 5.74) is 4.78. The summed E-state index contributed by atoms with van der Waals surface area (Å²) in [5, 5.41) is 5.19. The number of ketones is 1. The van der Waals surface area contributed by atoms with Crippen LogP contribution in [-0.4, -0.2) is 56.5 Å². The Labute approximate surface area is 150 Å². The van der Waals surface area contributed by atoms with Gasteiger partial charge in [0.25, 0.3) is 5.56 Å². The summed E-state index contributed by atoms with van der Waals surface area (Å²) < 4.78 is 0. The van der Waals surface area contributed by atoms with Gasteiger partial charge in [0.2, 0.25) is 0 Å². The lowest BCUT2D eigenvalue weighted by molar-refractivity contribution is 0.0957. The number of aromatic amines is 3. The Kier molecular flexibility index (Phi) is 4.85. The molecule has 0 aliphatic carbocycles. The summed E-state index contributed by atoms with van der Waals surface area (Å²) in [7, 11) is 3.74. The average molecular weight is 354 g/mol. The molecule has 0 saturated heterocycles. The molecular weight excluding hydrogens is 332 g/mol. The molecule has 26 heavy (non-hydrogen) atoms. The highest BCUT2D eigenvalue weighted by molar-refractivity contribution is 6.00. The van der Waals surface area contributed by atoms with E-state index >= 15 is 0 Å². The maximum atomic E-state index is 12.5. The number of hydrogen-bond donors (Lipinski definition) is 3. The Morgan fingerprint density at radius 3 is 2.58 bits per heavy atom. The summed E-state index contributed by atoms with van der Waals surface area (Å²) in [6.45, 7) is 4.18. The van der Waals surface area contributed by atoms with E-state index in [1.54, 1.807) is 18.6 Å². The van der Waals surface area contributed by atoms with E-state index in [4.69, 9.17) is 0 Å². The number of rotatable bonds is 6. The van der Waals surface area contributed by atoms with Crippen LogP contribution in [0.5, 0.6) is 0 Å². The first-order valence-corrected chi connectivity index (χ1v) is 8.30. The number of likely N-dealkylation sites (N-methyl/N-ethyl adjacent to an activating group) is 1. The maximum absolute atomic E-state index is 12.5. The fraction of sp³-hybridized carbons (Fsp3) is 0.333. The van der Waals surface area contributed by atoms with Gasteiger partial charge in [-0.05, 0) is 33.5 Å². The molecule has 8 heteroatoms. The standard InChI is InChI=1S/C18H22N6O2/c1-10-13(22-11(2)16(10)15(25)9-24(3)4)7-14-17(20-6-5-19-14)12-8-21-23-18(12)26/h5-6,8,22H,7,9H2,1-4H3,(H2,21,23,26). The van der Waals surface area contributed by atoms with E-state index in [1.165, 1.54) is 0 Å². The molecule has 0 aliphatic rings. The number of Topliss-reactive ketones (excluding diaryl/α,β-unsaturated/α-hetero) is 1. The smallest absolute Gasteiger partial charge is 0.273 e. The summed E-state index contributed by atoms with van der Waals surface area (Å²) >= 11 is 0. The van der Waals surface area contributed by atoms with E-state index in [0.717, 1.165) is 22.5 Å². The van der Waals surface area contributed by atoms with Crippen molar-refractivity contribution in [2.75, 3.05) is 20.6 Å². The molecule has 0 saturated carbocycles. The highest BCUT2D eigenvalue weighted by atomic mass is 16.1. The molecule has 3 aromatic rings. The largest absolute Gasteiger partial charge is 0.361 e. The van der Waals surface area contributed by atoms with Crippen LogP contribution in [0.15, 0.2) is 23.4 Å². The summed E-state index contributed by atoms with van der Waals surface area (Å²) in [4.78, 5) is 38.3. The first kappa shape index (κ1) is 17.8. The summed E-state index contributed by atoms with van der Waals surface area (Å²) in [6, 6.07) is 0. The van der Waals surface area contributed by atoms with Crippen molar-refractivity contribution < 1.29 is 4.79 Å². The van der Waals surface area contributed by atoms with Crippen molar-refractivity contribution in [3.05, 3.63) is 57.2 Å². The summed E-state index contributed by atoms with van der Waals surface area (Å²) in [6.07, 6.45) is 5.19. The minimum Gasteiger partial charge on any atom is -0.361 e. The van der Waals surface area contributed by atoms with Crippen LogP contribution in [0.25, 0.3) is 11.3 Å².